The molecule has 3 rings (SSSR count). The largest absolute Gasteiger partial charge is 0.497 e. The van der Waals surface area contributed by atoms with Crippen LogP contribution in [0.5, 0.6) is 17.4 Å². The summed E-state index contributed by atoms with van der Waals surface area (Å²) in [5.74, 6) is 0.990. The molecule has 6 heteroatoms. The summed E-state index contributed by atoms with van der Waals surface area (Å²) in [7, 11) is 1.54. The van der Waals surface area contributed by atoms with Gasteiger partial charge in [-0.1, -0.05) is 6.07 Å². The number of esters is 1. The maximum Gasteiger partial charge on any atom is 0.345 e. The Bertz CT molecular complexity index is 877. The Morgan fingerprint density at radius 2 is 1.77 bits per heavy atom. The minimum Gasteiger partial charge on any atom is -0.497 e. The molecule has 2 aromatic carbocycles. The summed E-state index contributed by atoms with van der Waals surface area (Å²) < 4.78 is 15.8. The number of carbonyl (C=O) groups excluding carboxylic acids is 1. The SMILES string of the molecule is CCOc1ccc(-c2ccc(OC(=O)c3cccc(OC)c3)nn2)cc1. The summed E-state index contributed by atoms with van der Waals surface area (Å²) in [5.41, 5.74) is 1.95. The van der Waals surface area contributed by atoms with Gasteiger partial charge in [0.05, 0.1) is 25.0 Å². The van der Waals surface area contributed by atoms with Crippen LogP contribution in [-0.2, 0) is 0 Å². The van der Waals surface area contributed by atoms with Gasteiger partial charge >= 0.3 is 5.97 Å². The topological polar surface area (TPSA) is 70.5 Å². The zero-order valence-corrected chi connectivity index (χ0v) is 14.5. The molecule has 132 valence electrons. The third-order valence-corrected chi connectivity index (χ3v) is 3.60. The highest BCUT2D eigenvalue weighted by Crippen LogP contribution is 2.22. The van der Waals surface area contributed by atoms with E-state index in [1.807, 2.05) is 31.2 Å². The first kappa shape index (κ1) is 17.4. The molecule has 0 atom stereocenters. The molecule has 0 saturated carbocycles. The van der Waals surface area contributed by atoms with E-state index in [1.165, 1.54) is 7.11 Å². The number of hydrogen-bond donors (Lipinski definition) is 0. The van der Waals surface area contributed by atoms with Gasteiger partial charge in [-0.05, 0) is 55.5 Å². The van der Waals surface area contributed by atoms with Crippen LogP contribution in [0.15, 0.2) is 60.7 Å². The van der Waals surface area contributed by atoms with Crippen molar-refractivity contribution in [3.63, 3.8) is 0 Å². The molecule has 6 nitrogen and oxygen atoms in total. The molecule has 26 heavy (non-hydrogen) atoms. The van der Waals surface area contributed by atoms with Gasteiger partial charge in [0.15, 0.2) is 0 Å². The standard InChI is InChI=1S/C20H18N2O4/c1-3-25-16-9-7-14(8-10-16)18-11-12-19(22-21-18)26-20(23)15-5-4-6-17(13-15)24-2/h4-13H,3H2,1-2H3. The van der Waals surface area contributed by atoms with Crippen LogP contribution in [-0.4, -0.2) is 29.9 Å². The lowest BCUT2D eigenvalue weighted by atomic mass is 10.1. The van der Waals surface area contributed by atoms with Crippen LogP contribution in [0.1, 0.15) is 17.3 Å². The molecule has 1 aromatic heterocycles. The molecule has 0 bridgehead atoms. The van der Waals surface area contributed by atoms with Gasteiger partial charge < -0.3 is 14.2 Å². The molecule has 0 spiro atoms. The minimum atomic E-state index is -0.521. The van der Waals surface area contributed by atoms with Crippen molar-refractivity contribution in [2.24, 2.45) is 0 Å². The number of methoxy groups -OCH3 is 1. The maximum absolute atomic E-state index is 12.2. The molecule has 1 heterocycles. The number of hydrogen-bond acceptors (Lipinski definition) is 6. The van der Waals surface area contributed by atoms with Crippen LogP contribution >= 0.6 is 0 Å². The molecule has 0 saturated heterocycles. The highest BCUT2D eigenvalue weighted by atomic mass is 16.5. The van der Waals surface area contributed by atoms with Gasteiger partial charge in [-0.2, -0.15) is 0 Å². The molecule has 0 aliphatic heterocycles. The Labute approximate surface area is 151 Å². The predicted molar refractivity (Wildman–Crippen MR) is 96.6 cm³/mol. The molecular formula is C20H18N2O4. The van der Waals surface area contributed by atoms with E-state index in [2.05, 4.69) is 10.2 Å². The first-order valence-electron chi connectivity index (χ1n) is 8.13. The van der Waals surface area contributed by atoms with E-state index in [4.69, 9.17) is 14.2 Å². The van der Waals surface area contributed by atoms with E-state index in [0.717, 1.165) is 11.3 Å². The first-order valence-corrected chi connectivity index (χ1v) is 8.13. The number of carbonyl (C=O) groups is 1. The number of benzene rings is 2. The molecule has 0 radical (unpaired) electrons. The van der Waals surface area contributed by atoms with Crippen molar-refractivity contribution in [2.45, 2.75) is 6.92 Å². The van der Waals surface area contributed by atoms with Crippen molar-refractivity contribution in [1.29, 1.82) is 0 Å². The highest BCUT2D eigenvalue weighted by Gasteiger charge is 2.11. The lowest BCUT2D eigenvalue weighted by Crippen LogP contribution is -2.10. The average Bonchev–Trinajstić information content (AvgIpc) is 2.69. The van der Waals surface area contributed by atoms with E-state index in [0.29, 0.717) is 23.6 Å². The van der Waals surface area contributed by atoms with E-state index in [-0.39, 0.29) is 5.88 Å². The average molecular weight is 350 g/mol. The van der Waals surface area contributed by atoms with Gasteiger partial charge in [0.2, 0.25) is 5.88 Å². The van der Waals surface area contributed by atoms with Gasteiger partial charge in [0.1, 0.15) is 11.5 Å². The van der Waals surface area contributed by atoms with Crippen molar-refractivity contribution in [3.05, 3.63) is 66.2 Å². The fourth-order valence-electron chi connectivity index (χ4n) is 2.32. The van der Waals surface area contributed by atoms with Gasteiger partial charge in [0.25, 0.3) is 0 Å². The van der Waals surface area contributed by atoms with E-state index in [1.54, 1.807) is 36.4 Å². The van der Waals surface area contributed by atoms with Crippen LogP contribution < -0.4 is 14.2 Å². The number of aromatic nitrogens is 2. The summed E-state index contributed by atoms with van der Waals surface area (Å²) in [6.45, 7) is 2.55. The van der Waals surface area contributed by atoms with E-state index in [9.17, 15) is 4.79 Å². The van der Waals surface area contributed by atoms with Crippen molar-refractivity contribution in [2.75, 3.05) is 13.7 Å². The summed E-state index contributed by atoms with van der Waals surface area (Å²) in [6, 6.07) is 17.6. The fourth-order valence-corrected chi connectivity index (χ4v) is 2.32. The van der Waals surface area contributed by atoms with Crippen molar-refractivity contribution >= 4 is 5.97 Å². The van der Waals surface area contributed by atoms with Gasteiger partial charge in [-0.15, -0.1) is 10.2 Å². The zero-order chi connectivity index (χ0) is 18.4. The number of rotatable bonds is 6. The monoisotopic (exact) mass is 350 g/mol. The smallest absolute Gasteiger partial charge is 0.345 e. The van der Waals surface area contributed by atoms with Crippen LogP contribution in [0.3, 0.4) is 0 Å². The summed E-state index contributed by atoms with van der Waals surface area (Å²) >= 11 is 0. The summed E-state index contributed by atoms with van der Waals surface area (Å²) in [6.07, 6.45) is 0. The van der Waals surface area contributed by atoms with Crippen LogP contribution in [0.4, 0.5) is 0 Å². The molecule has 3 aromatic rings. The van der Waals surface area contributed by atoms with E-state index >= 15 is 0 Å². The van der Waals surface area contributed by atoms with Gasteiger partial charge in [-0.3, -0.25) is 0 Å². The van der Waals surface area contributed by atoms with Crippen LogP contribution in [0.2, 0.25) is 0 Å². The molecule has 0 fully saturated rings. The molecule has 0 amide bonds. The molecular weight excluding hydrogens is 332 g/mol. The predicted octanol–water partition coefficient (Wildman–Crippen LogP) is 3.77. The van der Waals surface area contributed by atoms with Crippen molar-refractivity contribution in [1.82, 2.24) is 10.2 Å². The van der Waals surface area contributed by atoms with Crippen molar-refractivity contribution < 1.29 is 19.0 Å². The van der Waals surface area contributed by atoms with E-state index < -0.39 is 5.97 Å². The zero-order valence-electron chi connectivity index (χ0n) is 14.5. The Morgan fingerprint density at radius 1 is 0.962 bits per heavy atom. The van der Waals surface area contributed by atoms with Crippen LogP contribution in [0.25, 0.3) is 11.3 Å². The lowest BCUT2D eigenvalue weighted by molar-refractivity contribution is 0.0725. The Morgan fingerprint density at radius 3 is 2.42 bits per heavy atom. The maximum atomic E-state index is 12.2. The Kier molecular flexibility index (Phi) is 5.43. The highest BCUT2D eigenvalue weighted by molar-refractivity contribution is 5.91. The van der Waals surface area contributed by atoms with Gasteiger partial charge in [-0.25, -0.2) is 4.79 Å². The summed E-state index contributed by atoms with van der Waals surface area (Å²) in [5, 5.41) is 8.08. The van der Waals surface area contributed by atoms with Crippen LogP contribution in [0, 0.1) is 0 Å². The molecule has 0 N–H and O–H groups in total. The first-order chi connectivity index (χ1) is 12.7. The Balaban J connectivity index is 1.70. The molecule has 0 aliphatic carbocycles. The quantitative estimate of drug-likeness (QED) is 0.630. The Hall–Kier alpha value is -3.41. The molecule has 0 unspecified atom stereocenters. The third-order valence-electron chi connectivity index (χ3n) is 3.60. The minimum absolute atomic E-state index is 0.132. The summed E-state index contributed by atoms with van der Waals surface area (Å²) in [4.78, 5) is 12.2. The number of nitrogens with zero attached hydrogens (tertiary/aromatic N) is 2. The normalized spacial score (nSPS) is 10.2. The third kappa shape index (κ3) is 4.16. The second kappa shape index (κ2) is 8.11. The second-order valence-corrected chi connectivity index (χ2v) is 5.34. The fraction of sp³-hybridized carbons (Fsp3) is 0.150. The number of ether oxygens (including phenoxy) is 3. The van der Waals surface area contributed by atoms with Gasteiger partial charge in [0, 0.05) is 11.6 Å². The van der Waals surface area contributed by atoms with Crippen molar-refractivity contribution in [3.8, 4) is 28.6 Å². The lowest BCUT2D eigenvalue weighted by Gasteiger charge is -2.06. The molecule has 0 aliphatic rings. The second-order valence-electron chi connectivity index (χ2n) is 5.34.